The van der Waals surface area contributed by atoms with Gasteiger partial charge in [-0.05, 0) is 6.42 Å². The van der Waals surface area contributed by atoms with Crippen LogP contribution < -0.4 is 5.73 Å². The van der Waals surface area contributed by atoms with Crippen molar-refractivity contribution in [2.24, 2.45) is 5.73 Å². The highest BCUT2D eigenvalue weighted by Crippen LogP contribution is 1.98. The highest BCUT2D eigenvalue weighted by atomic mass is 15.3. The number of nitrogens with zero attached hydrogens (tertiary/aromatic N) is 2. The van der Waals surface area contributed by atoms with E-state index in [0.717, 1.165) is 17.8 Å². The van der Waals surface area contributed by atoms with E-state index in [9.17, 15) is 0 Å². The van der Waals surface area contributed by atoms with Crippen LogP contribution in [0.25, 0.3) is 0 Å². The highest BCUT2D eigenvalue weighted by molar-refractivity contribution is 5.06. The van der Waals surface area contributed by atoms with Crippen molar-refractivity contribution < 1.29 is 0 Å². The molecule has 0 saturated heterocycles. The van der Waals surface area contributed by atoms with Crippen LogP contribution in [0.2, 0.25) is 0 Å². The van der Waals surface area contributed by atoms with Gasteiger partial charge in [-0.3, -0.25) is 0 Å². The second-order valence-electron chi connectivity index (χ2n) is 1.77. The van der Waals surface area contributed by atoms with Crippen LogP contribution in [0.5, 0.6) is 0 Å². The van der Waals surface area contributed by atoms with Gasteiger partial charge in [-0.15, -0.1) is 0 Å². The molecule has 0 aliphatic heterocycles. The molecular formula is C5H10N4. The number of hydrogen-bond acceptors (Lipinski definition) is 3. The lowest BCUT2D eigenvalue weighted by Gasteiger charge is -1.88. The van der Waals surface area contributed by atoms with Gasteiger partial charge in [0.05, 0.1) is 11.4 Å². The monoisotopic (exact) mass is 126 g/mol. The number of aromatic nitrogens is 3. The van der Waals surface area contributed by atoms with Crippen LogP contribution in [0.3, 0.4) is 0 Å². The van der Waals surface area contributed by atoms with Gasteiger partial charge in [0.1, 0.15) is 0 Å². The van der Waals surface area contributed by atoms with Crippen molar-refractivity contribution in [3.8, 4) is 0 Å². The predicted molar refractivity (Wildman–Crippen MR) is 33.7 cm³/mol. The number of hydrogen-bond donors (Lipinski definition) is 2. The van der Waals surface area contributed by atoms with Crippen LogP contribution in [0.15, 0.2) is 0 Å². The minimum Gasteiger partial charge on any atom is -0.325 e. The molecule has 0 atom stereocenters. The van der Waals surface area contributed by atoms with Crippen LogP contribution in [-0.4, -0.2) is 15.4 Å². The molecule has 0 amide bonds. The maximum atomic E-state index is 5.35. The smallest absolute Gasteiger partial charge is 0.0992 e. The Balaban J connectivity index is 2.85. The van der Waals surface area contributed by atoms with Gasteiger partial charge in [0.2, 0.25) is 0 Å². The first-order valence-electron chi connectivity index (χ1n) is 2.97. The quantitative estimate of drug-likeness (QED) is 0.578. The van der Waals surface area contributed by atoms with Crippen molar-refractivity contribution in [3.05, 3.63) is 11.4 Å². The summed E-state index contributed by atoms with van der Waals surface area (Å²) in [6.45, 7) is 2.50. The molecule has 4 nitrogen and oxygen atoms in total. The van der Waals surface area contributed by atoms with Gasteiger partial charge in [0.15, 0.2) is 0 Å². The van der Waals surface area contributed by atoms with Crippen molar-refractivity contribution >= 4 is 0 Å². The summed E-state index contributed by atoms with van der Waals surface area (Å²) in [5.41, 5.74) is 7.19. The van der Waals surface area contributed by atoms with Gasteiger partial charge in [-0.1, -0.05) is 6.92 Å². The predicted octanol–water partition coefficient (Wildman–Crippen LogP) is -0.174. The topological polar surface area (TPSA) is 67.6 Å². The average Bonchev–Trinajstić information content (AvgIpc) is 2.33. The van der Waals surface area contributed by atoms with Gasteiger partial charge in [-0.25, -0.2) is 0 Å². The minimum absolute atomic E-state index is 0.472. The largest absolute Gasteiger partial charge is 0.325 e. The van der Waals surface area contributed by atoms with Crippen LogP contribution in [0.1, 0.15) is 18.3 Å². The third-order valence-electron chi connectivity index (χ3n) is 1.23. The molecular weight excluding hydrogens is 116 g/mol. The highest BCUT2D eigenvalue weighted by Gasteiger charge is 2.00. The summed E-state index contributed by atoms with van der Waals surface area (Å²) in [4.78, 5) is 0. The van der Waals surface area contributed by atoms with E-state index in [2.05, 4.69) is 15.4 Å². The summed E-state index contributed by atoms with van der Waals surface area (Å²) in [7, 11) is 0. The van der Waals surface area contributed by atoms with Crippen LogP contribution in [0.4, 0.5) is 0 Å². The molecule has 0 aliphatic carbocycles. The zero-order valence-corrected chi connectivity index (χ0v) is 5.39. The van der Waals surface area contributed by atoms with Gasteiger partial charge in [-0.2, -0.15) is 15.4 Å². The fraction of sp³-hybridized carbons (Fsp3) is 0.600. The van der Waals surface area contributed by atoms with Crippen molar-refractivity contribution in [1.29, 1.82) is 0 Å². The van der Waals surface area contributed by atoms with E-state index in [4.69, 9.17) is 5.73 Å². The molecule has 0 radical (unpaired) electrons. The number of aryl methyl sites for hydroxylation is 1. The van der Waals surface area contributed by atoms with E-state index in [1.165, 1.54) is 0 Å². The molecule has 0 spiro atoms. The number of nitrogens with one attached hydrogen (secondary N) is 1. The Bertz CT molecular complexity index is 162. The summed E-state index contributed by atoms with van der Waals surface area (Å²) in [5, 5.41) is 10.3. The fourth-order valence-corrected chi connectivity index (χ4v) is 0.721. The molecule has 0 unspecified atom stereocenters. The number of rotatable bonds is 2. The Hall–Kier alpha value is -0.900. The molecule has 0 aromatic carbocycles. The zero-order valence-electron chi connectivity index (χ0n) is 5.39. The molecule has 50 valence electrons. The first-order valence-corrected chi connectivity index (χ1v) is 2.97. The van der Waals surface area contributed by atoms with E-state index >= 15 is 0 Å². The van der Waals surface area contributed by atoms with Crippen LogP contribution in [0, 0.1) is 0 Å². The van der Waals surface area contributed by atoms with Crippen molar-refractivity contribution in [1.82, 2.24) is 15.4 Å². The van der Waals surface area contributed by atoms with Crippen molar-refractivity contribution in [2.45, 2.75) is 19.9 Å². The third kappa shape index (κ3) is 1.08. The van der Waals surface area contributed by atoms with Gasteiger partial charge in [0, 0.05) is 6.54 Å². The normalized spacial score (nSPS) is 10.0. The molecule has 4 heteroatoms. The minimum atomic E-state index is 0.472. The Morgan fingerprint density at radius 3 is 2.56 bits per heavy atom. The van der Waals surface area contributed by atoms with Crippen molar-refractivity contribution in [2.75, 3.05) is 0 Å². The van der Waals surface area contributed by atoms with E-state index in [0.29, 0.717) is 6.54 Å². The molecule has 1 aromatic heterocycles. The Morgan fingerprint density at radius 1 is 1.44 bits per heavy atom. The summed E-state index contributed by atoms with van der Waals surface area (Å²) in [6, 6.07) is 0. The molecule has 1 rings (SSSR count). The number of aromatic amines is 1. The Labute approximate surface area is 53.5 Å². The van der Waals surface area contributed by atoms with E-state index in [1.807, 2.05) is 6.92 Å². The molecule has 1 aromatic rings. The number of nitrogens with two attached hydrogens (primary N) is 1. The maximum absolute atomic E-state index is 5.35. The lowest BCUT2D eigenvalue weighted by Crippen LogP contribution is -1.99. The third-order valence-corrected chi connectivity index (χ3v) is 1.23. The van der Waals surface area contributed by atoms with Gasteiger partial charge in [0.25, 0.3) is 0 Å². The molecule has 0 aliphatic rings. The molecule has 0 saturated carbocycles. The first-order chi connectivity index (χ1) is 4.38. The van der Waals surface area contributed by atoms with E-state index in [-0.39, 0.29) is 0 Å². The summed E-state index contributed by atoms with van der Waals surface area (Å²) in [6.07, 6.45) is 0.892. The lowest BCUT2D eigenvalue weighted by atomic mass is 10.3. The Morgan fingerprint density at radius 2 is 2.11 bits per heavy atom. The van der Waals surface area contributed by atoms with E-state index in [1.54, 1.807) is 0 Å². The molecule has 3 N–H and O–H groups in total. The maximum Gasteiger partial charge on any atom is 0.0992 e. The van der Waals surface area contributed by atoms with Gasteiger partial charge < -0.3 is 5.73 Å². The number of H-pyrrole nitrogens is 1. The van der Waals surface area contributed by atoms with Crippen LogP contribution in [-0.2, 0) is 13.0 Å². The average molecular weight is 126 g/mol. The standard InChI is InChI=1S/C5H10N4/c1-2-4-5(3-6)8-9-7-4/h2-3,6H2,1H3,(H,7,8,9). The molecule has 0 fully saturated rings. The van der Waals surface area contributed by atoms with Gasteiger partial charge >= 0.3 is 0 Å². The van der Waals surface area contributed by atoms with E-state index < -0.39 is 0 Å². The van der Waals surface area contributed by atoms with Crippen LogP contribution >= 0.6 is 0 Å². The molecule has 0 bridgehead atoms. The summed E-state index contributed by atoms with van der Waals surface area (Å²) >= 11 is 0. The second kappa shape index (κ2) is 2.59. The second-order valence-corrected chi connectivity index (χ2v) is 1.77. The SMILES string of the molecule is CCc1n[nH]nc1CN. The van der Waals surface area contributed by atoms with Crippen molar-refractivity contribution in [3.63, 3.8) is 0 Å². The Kier molecular flexibility index (Phi) is 1.79. The summed E-state index contributed by atoms with van der Waals surface area (Å²) in [5.74, 6) is 0. The molecule has 1 heterocycles. The first kappa shape index (κ1) is 6.22. The fourth-order valence-electron chi connectivity index (χ4n) is 0.721. The summed E-state index contributed by atoms with van der Waals surface area (Å²) < 4.78 is 0. The zero-order chi connectivity index (χ0) is 6.69. The lowest BCUT2D eigenvalue weighted by molar-refractivity contribution is 0.895. The molecule has 9 heavy (non-hydrogen) atoms.